The molecule has 1 saturated carbocycles. The van der Waals surface area contributed by atoms with Gasteiger partial charge in [0.2, 0.25) is 0 Å². The fourth-order valence-electron chi connectivity index (χ4n) is 4.48. The lowest BCUT2D eigenvalue weighted by Gasteiger charge is -2.11. The van der Waals surface area contributed by atoms with Gasteiger partial charge in [-0.1, -0.05) is 42.7 Å². The van der Waals surface area contributed by atoms with Gasteiger partial charge in [0.25, 0.3) is 5.91 Å². The van der Waals surface area contributed by atoms with E-state index in [0.717, 1.165) is 64.0 Å². The minimum atomic E-state index is -0.0942. The molecule has 168 valence electrons. The van der Waals surface area contributed by atoms with Crippen molar-refractivity contribution in [1.29, 1.82) is 0 Å². The Bertz CT molecular complexity index is 1300. The Labute approximate surface area is 197 Å². The van der Waals surface area contributed by atoms with Crippen LogP contribution in [0.15, 0.2) is 54.6 Å². The molecule has 6 heteroatoms. The Morgan fingerprint density at radius 1 is 1.06 bits per heavy atom. The zero-order valence-corrected chi connectivity index (χ0v) is 19.7. The molecule has 2 aromatic heterocycles. The molecule has 33 heavy (non-hydrogen) atoms. The van der Waals surface area contributed by atoms with E-state index in [9.17, 15) is 4.79 Å². The summed E-state index contributed by atoms with van der Waals surface area (Å²) in [7, 11) is 1.65. The SMILES string of the molecule is COc1ccc(-c2cc(-c3ccc(C)cc3)c3c(N)c(C(=O)NC4CCCC4)sc3n2)cc1. The number of hydrogen-bond acceptors (Lipinski definition) is 5. The lowest BCUT2D eigenvalue weighted by atomic mass is 9.98. The van der Waals surface area contributed by atoms with Gasteiger partial charge in [-0.2, -0.15) is 0 Å². The number of amides is 1. The van der Waals surface area contributed by atoms with Crippen LogP contribution in [-0.4, -0.2) is 24.0 Å². The predicted molar refractivity (Wildman–Crippen MR) is 136 cm³/mol. The normalized spacial score (nSPS) is 14.0. The monoisotopic (exact) mass is 457 g/mol. The number of methoxy groups -OCH3 is 1. The summed E-state index contributed by atoms with van der Waals surface area (Å²) >= 11 is 1.37. The van der Waals surface area contributed by atoms with Gasteiger partial charge in [0, 0.05) is 17.0 Å². The van der Waals surface area contributed by atoms with Crippen LogP contribution in [0.1, 0.15) is 40.9 Å². The van der Waals surface area contributed by atoms with Gasteiger partial charge in [0.15, 0.2) is 0 Å². The molecule has 0 atom stereocenters. The number of fused-ring (bicyclic) bond motifs is 1. The average molecular weight is 458 g/mol. The van der Waals surface area contributed by atoms with E-state index in [1.54, 1.807) is 7.11 Å². The number of aromatic nitrogens is 1. The second-order valence-electron chi connectivity index (χ2n) is 8.63. The molecule has 1 aliphatic rings. The maximum absolute atomic E-state index is 13.1. The number of carbonyl (C=O) groups is 1. The number of benzene rings is 2. The van der Waals surface area contributed by atoms with Crippen molar-refractivity contribution in [3.63, 3.8) is 0 Å². The fraction of sp³-hybridized carbons (Fsp3) is 0.259. The number of nitrogen functional groups attached to an aromatic ring is 1. The van der Waals surface area contributed by atoms with Gasteiger partial charge in [-0.05, 0) is 61.2 Å². The van der Waals surface area contributed by atoms with Gasteiger partial charge >= 0.3 is 0 Å². The predicted octanol–water partition coefficient (Wildman–Crippen LogP) is 6.20. The minimum absolute atomic E-state index is 0.0942. The maximum atomic E-state index is 13.1. The van der Waals surface area contributed by atoms with Crippen LogP contribution in [-0.2, 0) is 0 Å². The largest absolute Gasteiger partial charge is 0.497 e. The van der Waals surface area contributed by atoms with Crippen molar-refractivity contribution >= 4 is 33.1 Å². The second-order valence-corrected chi connectivity index (χ2v) is 9.63. The zero-order chi connectivity index (χ0) is 22.9. The molecule has 5 rings (SSSR count). The molecule has 2 heterocycles. The topological polar surface area (TPSA) is 77.2 Å². The minimum Gasteiger partial charge on any atom is -0.497 e. The van der Waals surface area contributed by atoms with Crippen LogP contribution in [0.25, 0.3) is 32.6 Å². The molecular weight excluding hydrogens is 430 g/mol. The van der Waals surface area contributed by atoms with Gasteiger partial charge < -0.3 is 15.8 Å². The average Bonchev–Trinajstić information content (AvgIpc) is 3.47. The second kappa shape index (κ2) is 8.87. The number of hydrogen-bond donors (Lipinski definition) is 2. The number of pyridine rings is 1. The molecule has 4 aromatic rings. The first kappa shape index (κ1) is 21.5. The summed E-state index contributed by atoms with van der Waals surface area (Å²) in [6, 6.07) is 18.5. The lowest BCUT2D eigenvalue weighted by molar-refractivity contribution is 0.0943. The number of nitrogens with two attached hydrogens (primary N) is 1. The van der Waals surface area contributed by atoms with E-state index in [2.05, 4.69) is 42.6 Å². The molecule has 1 aliphatic carbocycles. The van der Waals surface area contributed by atoms with Crippen molar-refractivity contribution in [2.45, 2.75) is 38.6 Å². The van der Waals surface area contributed by atoms with E-state index in [1.807, 2.05) is 24.3 Å². The van der Waals surface area contributed by atoms with Crippen LogP contribution >= 0.6 is 11.3 Å². The van der Waals surface area contributed by atoms with Crippen LogP contribution in [0.5, 0.6) is 5.75 Å². The van der Waals surface area contributed by atoms with E-state index in [0.29, 0.717) is 10.6 Å². The Hall–Kier alpha value is -3.38. The third-order valence-corrected chi connectivity index (χ3v) is 7.44. The summed E-state index contributed by atoms with van der Waals surface area (Å²) in [5, 5.41) is 4.02. The van der Waals surface area contributed by atoms with Crippen LogP contribution in [0.2, 0.25) is 0 Å². The molecule has 0 spiro atoms. The van der Waals surface area contributed by atoms with Gasteiger partial charge in [-0.15, -0.1) is 11.3 Å². The highest BCUT2D eigenvalue weighted by Gasteiger charge is 2.24. The van der Waals surface area contributed by atoms with Gasteiger partial charge in [0.05, 0.1) is 18.5 Å². The summed E-state index contributed by atoms with van der Waals surface area (Å²) in [4.78, 5) is 19.3. The highest BCUT2D eigenvalue weighted by molar-refractivity contribution is 7.21. The first-order valence-electron chi connectivity index (χ1n) is 11.3. The Balaban J connectivity index is 1.65. The summed E-state index contributed by atoms with van der Waals surface area (Å²) < 4.78 is 5.30. The lowest BCUT2D eigenvalue weighted by Crippen LogP contribution is -2.32. The number of carbonyl (C=O) groups excluding carboxylic acids is 1. The molecule has 0 unspecified atom stereocenters. The number of aryl methyl sites for hydroxylation is 1. The van der Waals surface area contributed by atoms with Crippen molar-refractivity contribution in [3.8, 4) is 28.1 Å². The highest BCUT2D eigenvalue weighted by atomic mass is 32.1. The molecule has 0 bridgehead atoms. The smallest absolute Gasteiger partial charge is 0.263 e. The van der Waals surface area contributed by atoms with E-state index in [-0.39, 0.29) is 11.9 Å². The highest BCUT2D eigenvalue weighted by Crippen LogP contribution is 2.41. The van der Waals surface area contributed by atoms with E-state index >= 15 is 0 Å². The number of nitrogens with one attached hydrogen (secondary N) is 1. The zero-order valence-electron chi connectivity index (χ0n) is 18.9. The van der Waals surface area contributed by atoms with E-state index in [4.69, 9.17) is 15.5 Å². The first-order valence-corrected chi connectivity index (χ1v) is 12.1. The van der Waals surface area contributed by atoms with Gasteiger partial charge in [0.1, 0.15) is 15.5 Å². The molecular formula is C27H27N3O2S. The van der Waals surface area contributed by atoms with E-state index < -0.39 is 0 Å². The van der Waals surface area contributed by atoms with Crippen LogP contribution in [0, 0.1) is 6.92 Å². The van der Waals surface area contributed by atoms with Crippen molar-refractivity contribution in [3.05, 3.63) is 65.0 Å². The third kappa shape index (κ3) is 4.18. The summed E-state index contributed by atoms with van der Waals surface area (Å²) in [6.45, 7) is 2.07. The number of thiophene rings is 1. The number of nitrogens with zero attached hydrogens (tertiary/aromatic N) is 1. The molecule has 1 amide bonds. The Morgan fingerprint density at radius 2 is 1.73 bits per heavy atom. The van der Waals surface area contributed by atoms with Crippen molar-refractivity contribution in [1.82, 2.24) is 10.3 Å². The summed E-state index contributed by atoms with van der Waals surface area (Å²) in [6.07, 6.45) is 4.39. The number of anilines is 1. The van der Waals surface area contributed by atoms with Crippen molar-refractivity contribution in [2.24, 2.45) is 0 Å². The Kier molecular flexibility index (Phi) is 5.77. The number of rotatable bonds is 5. The van der Waals surface area contributed by atoms with Gasteiger partial charge in [-0.25, -0.2) is 4.98 Å². The van der Waals surface area contributed by atoms with Crippen LogP contribution in [0.3, 0.4) is 0 Å². The van der Waals surface area contributed by atoms with Crippen molar-refractivity contribution < 1.29 is 9.53 Å². The number of ether oxygens (including phenoxy) is 1. The molecule has 3 N–H and O–H groups in total. The molecule has 0 radical (unpaired) electrons. The third-order valence-electron chi connectivity index (χ3n) is 6.34. The van der Waals surface area contributed by atoms with Crippen LogP contribution < -0.4 is 15.8 Å². The molecule has 1 fully saturated rings. The first-order chi connectivity index (χ1) is 16.0. The Morgan fingerprint density at radius 3 is 2.39 bits per heavy atom. The van der Waals surface area contributed by atoms with Crippen molar-refractivity contribution in [2.75, 3.05) is 12.8 Å². The molecule has 0 aliphatic heterocycles. The quantitative estimate of drug-likeness (QED) is 0.374. The summed E-state index contributed by atoms with van der Waals surface area (Å²) in [5.74, 6) is 0.702. The molecule has 5 nitrogen and oxygen atoms in total. The fourth-order valence-corrected chi connectivity index (χ4v) is 5.50. The molecule has 0 saturated heterocycles. The van der Waals surface area contributed by atoms with E-state index in [1.165, 1.54) is 16.9 Å². The standard InChI is InChI=1S/C27H27N3O2S/c1-16-7-9-17(10-8-16)21-15-22(18-11-13-20(32-2)14-12-18)30-27-23(21)24(28)25(33-27)26(31)29-19-5-3-4-6-19/h7-15,19H,3-6,28H2,1-2H3,(H,29,31). The summed E-state index contributed by atoms with van der Waals surface area (Å²) in [5.41, 5.74) is 12.2. The van der Waals surface area contributed by atoms with Crippen LogP contribution in [0.4, 0.5) is 5.69 Å². The molecule has 2 aromatic carbocycles. The van der Waals surface area contributed by atoms with Gasteiger partial charge in [-0.3, -0.25) is 4.79 Å². The maximum Gasteiger partial charge on any atom is 0.263 e.